The van der Waals surface area contributed by atoms with Crippen LogP contribution in [0.3, 0.4) is 0 Å². The summed E-state index contributed by atoms with van der Waals surface area (Å²) in [6, 6.07) is 12.2. The number of hydrogen-bond acceptors (Lipinski definition) is 5. The topological polar surface area (TPSA) is 80.9 Å². The molecule has 0 aliphatic carbocycles. The highest BCUT2D eigenvalue weighted by Crippen LogP contribution is 2.43. The molecule has 27 heavy (non-hydrogen) atoms. The number of nitrogens with zero attached hydrogens (tertiary/aromatic N) is 2. The SMILES string of the molecule is NC1c2ccc(-c3cccnc3)nc2SC1C(=O)Nc1c(Cl)cccc1Cl. The van der Waals surface area contributed by atoms with Crippen molar-refractivity contribution >= 4 is 46.6 Å². The van der Waals surface area contributed by atoms with Crippen molar-refractivity contribution in [3.05, 3.63) is 70.5 Å². The van der Waals surface area contributed by atoms with Gasteiger partial charge in [-0.25, -0.2) is 4.98 Å². The Bertz CT molecular complexity index is 996. The summed E-state index contributed by atoms with van der Waals surface area (Å²) in [4.78, 5) is 21.6. The molecule has 0 saturated heterocycles. The van der Waals surface area contributed by atoms with Crippen LogP contribution in [0.5, 0.6) is 0 Å². The van der Waals surface area contributed by atoms with Gasteiger partial charge in [-0.05, 0) is 30.3 Å². The zero-order valence-corrected chi connectivity index (χ0v) is 16.2. The molecule has 3 N–H and O–H groups in total. The Labute approximate surface area is 170 Å². The van der Waals surface area contributed by atoms with Crippen LogP contribution in [0.25, 0.3) is 11.3 Å². The number of thioether (sulfide) groups is 1. The fourth-order valence-corrected chi connectivity index (χ4v) is 4.54. The summed E-state index contributed by atoms with van der Waals surface area (Å²) < 4.78 is 0. The number of nitrogens with two attached hydrogens (primary N) is 1. The van der Waals surface area contributed by atoms with E-state index < -0.39 is 11.3 Å². The number of carbonyl (C=O) groups is 1. The standard InChI is InChI=1S/C19H14Cl2N4OS/c20-12-4-1-5-13(21)16(12)25-18(26)17-15(22)11-6-7-14(24-19(11)27-17)10-3-2-8-23-9-10/h1-9,15,17H,22H2,(H,25,26). The minimum atomic E-state index is -0.524. The minimum Gasteiger partial charge on any atom is -0.323 e. The third-order valence-electron chi connectivity index (χ3n) is 4.24. The Hall–Kier alpha value is -2.12. The molecule has 0 fully saturated rings. The van der Waals surface area contributed by atoms with E-state index in [1.165, 1.54) is 11.8 Å². The van der Waals surface area contributed by atoms with Gasteiger partial charge in [-0.2, -0.15) is 0 Å². The van der Waals surface area contributed by atoms with E-state index in [1.807, 2.05) is 24.3 Å². The lowest BCUT2D eigenvalue weighted by molar-refractivity contribution is -0.116. The van der Waals surface area contributed by atoms with Crippen molar-refractivity contribution in [3.63, 3.8) is 0 Å². The van der Waals surface area contributed by atoms with E-state index in [0.29, 0.717) is 15.7 Å². The van der Waals surface area contributed by atoms with Crippen molar-refractivity contribution < 1.29 is 4.79 Å². The number of amides is 1. The molecule has 1 amide bonds. The smallest absolute Gasteiger partial charge is 0.239 e. The summed E-state index contributed by atoms with van der Waals surface area (Å²) in [5.41, 5.74) is 9.24. The van der Waals surface area contributed by atoms with Crippen molar-refractivity contribution in [2.24, 2.45) is 5.73 Å². The van der Waals surface area contributed by atoms with Crippen LogP contribution in [0.1, 0.15) is 11.6 Å². The molecule has 3 aromatic rings. The monoisotopic (exact) mass is 416 g/mol. The summed E-state index contributed by atoms with van der Waals surface area (Å²) in [7, 11) is 0. The highest BCUT2D eigenvalue weighted by molar-refractivity contribution is 8.01. The number of benzene rings is 1. The minimum absolute atomic E-state index is 0.261. The van der Waals surface area contributed by atoms with Crippen molar-refractivity contribution in [3.8, 4) is 11.3 Å². The maximum absolute atomic E-state index is 12.8. The Balaban J connectivity index is 1.58. The number of anilines is 1. The predicted octanol–water partition coefficient (Wildman–Crippen LogP) is 4.56. The van der Waals surface area contributed by atoms with Gasteiger partial charge < -0.3 is 11.1 Å². The van der Waals surface area contributed by atoms with Crippen molar-refractivity contribution in [2.75, 3.05) is 5.32 Å². The molecule has 2 aromatic heterocycles. The van der Waals surface area contributed by atoms with Crippen molar-refractivity contribution in [1.29, 1.82) is 0 Å². The number of hydrogen-bond donors (Lipinski definition) is 2. The molecule has 1 aromatic carbocycles. The molecule has 0 spiro atoms. The molecule has 136 valence electrons. The van der Waals surface area contributed by atoms with E-state index in [2.05, 4.69) is 15.3 Å². The van der Waals surface area contributed by atoms with Gasteiger partial charge in [-0.15, -0.1) is 0 Å². The number of rotatable bonds is 3. The van der Waals surface area contributed by atoms with Crippen LogP contribution < -0.4 is 11.1 Å². The van der Waals surface area contributed by atoms with Crippen LogP contribution in [-0.2, 0) is 4.79 Å². The molecule has 5 nitrogen and oxygen atoms in total. The molecule has 1 aliphatic heterocycles. The third kappa shape index (κ3) is 3.53. The number of aromatic nitrogens is 2. The molecule has 2 atom stereocenters. The fraction of sp³-hybridized carbons (Fsp3) is 0.105. The van der Waals surface area contributed by atoms with E-state index in [4.69, 9.17) is 28.9 Å². The maximum Gasteiger partial charge on any atom is 0.239 e. The van der Waals surface area contributed by atoms with Crippen LogP contribution in [0.2, 0.25) is 10.0 Å². The lowest BCUT2D eigenvalue weighted by Crippen LogP contribution is -2.32. The van der Waals surface area contributed by atoms with E-state index in [9.17, 15) is 4.79 Å². The predicted molar refractivity (Wildman–Crippen MR) is 109 cm³/mol. The van der Waals surface area contributed by atoms with Gasteiger partial charge in [-0.3, -0.25) is 9.78 Å². The van der Waals surface area contributed by atoms with Gasteiger partial charge in [0, 0.05) is 23.5 Å². The van der Waals surface area contributed by atoms with E-state index >= 15 is 0 Å². The van der Waals surface area contributed by atoms with Gasteiger partial charge in [0.1, 0.15) is 10.3 Å². The second-order valence-corrected chi connectivity index (χ2v) is 7.93. The molecule has 0 radical (unpaired) electrons. The van der Waals surface area contributed by atoms with Crippen LogP contribution in [0.4, 0.5) is 5.69 Å². The molecule has 3 heterocycles. The number of nitrogens with one attached hydrogen (secondary N) is 1. The first kappa shape index (κ1) is 18.3. The largest absolute Gasteiger partial charge is 0.323 e. The first-order valence-corrected chi connectivity index (χ1v) is 9.76. The molecule has 0 saturated carbocycles. The number of fused-ring (bicyclic) bond motifs is 1. The Kier molecular flexibility index (Phi) is 5.06. The van der Waals surface area contributed by atoms with Crippen LogP contribution in [-0.4, -0.2) is 21.1 Å². The Morgan fingerprint density at radius 2 is 1.89 bits per heavy atom. The quantitative estimate of drug-likeness (QED) is 0.653. The molecule has 0 bridgehead atoms. The second-order valence-electron chi connectivity index (χ2n) is 5.98. The van der Waals surface area contributed by atoms with Gasteiger partial charge in [0.25, 0.3) is 0 Å². The summed E-state index contributed by atoms with van der Waals surface area (Å²) in [6.07, 6.45) is 3.46. The molecule has 4 rings (SSSR count). The normalized spacial score (nSPS) is 18.2. The van der Waals surface area contributed by atoms with Crippen molar-refractivity contribution in [2.45, 2.75) is 16.3 Å². The highest BCUT2D eigenvalue weighted by atomic mass is 35.5. The zero-order chi connectivity index (χ0) is 19.0. The van der Waals surface area contributed by atoms with Crippen molar-refractivity contribution in [1.82, 2.24) is 9.97 Å². The fourth-order valence-electron chi connectivity index (χ4n) is 2.86. The van der Waals surface area contributed by atoms with E-state index in [1.54, 1.807) is 30.6 Å². The summed E-state index contributed by atoms with van der Waals surface area (Å²) in [6.45, 7) is 0. The maximum atomic E-state index is 12.8. The van der Waals surface area contributed by atoms with Crippen LogP contribution in [0.15, 0.2) is 59.9 Å². The lowest BCUT2D eigenvalue weighted by Gasteiger charge is -2.16. The van der Waals surface area contributed by atoms with Gasteiger partial charge in [-0.1, -0.05) is 47.1 Å². The Morgan fingerprint density at radius 1 is 1.11 bits per heavy atom. The number of para-hydroxylation sites is 1. The lowest BCUT2D eigenvalue weighted by atomic mass is 10.0. The zero-order valence-electron chi connectivity index (χ0n) is 13.9. The second kappa shape index (κ2) is 7.48. The molecule has 2 unspecified atom stereocenters. The average Bonchev–Trinajstić information content (AvgIpc) is 3.01. The van der Waals surface area contributed by atoms with Gasteiger partial charge >= 0.3 is 0 Å². The van der Waals surface area contributed by atoms with Gasteiger partial charge in [0.15, 0.2) is 0 Å². The van der Waals surface area contributed by atoms with E-state index in [0.717, 1.165) is 21.8 Å². The number of carbonyl (C=O) groups excluding carboxylic acids is 1. The summed E-state index contributed by atoms with van der Waals surface area (Å²) in [5.74, 6) is -0.261. The number of pyridine rings is 2. The number of halogens is 2. The molecular formula is C19H14Cl2N4OS. The molecule has 8 heteroatoms. The highest BCUT2D eigenvalue weighted by Gasteiger charge is 2.37. The van der Waals surface area contributed by atoms with Crippen LogP contribution >= 0.6 is 35.0 Å². The van der Waals surface area contributed by atoms with Gasteiger partial charge in [0.05, 0.1) is 27.5 Å². The first-order valence-electron chi connectivity index (χ1n) is 8.13. The Morgan fingerprint density at radius 3 is 2.59 bits per heavy atom. The summed E-state index contributed by atoms with van der Waals surface area (Å²) in [5, 5.41) is 3.76. The average molecular weight is 417 g/mol. The third-order valence-corrected chi connectivity index (χ3v) is 6.18. The van der Waals surface area contributed by atoms with E-state index in [-0.39, 0.29) is 5.91 Å². The summed E-state index contributed by atoms with van der Waals surface area (Å²) >= 11 is 13.6. The first-order chi connectivity index (χ1) is 13.0. The molecule has 1 aliphatic rings. The van der Waals surface area contributed by atoms with Crippen LogP contribution in [0, 0.1) is 0 Å². The molecular weight excluding hydrogens is 403 g/mol. The van der Waals surface area contributed by atoms with Gasteiger partial charge in [0.2, 0.25) is 5.91 Å².